The van der Waals surface area contributed by atoms with Crippen LogP contribution in [0.2, 0.25) is 0 Å². The molecule has 1 saturated heterocycles. The molecule has 5 rings (SSSR count). The Kier molecular flexibility index (Phi) is 5.55. The molecule has 0 saturated carbocycles. The predicted octanol–water partition coefficient (Wildman–Crippen LogP) is 4.13. The first-order valence-electron chi connectivity index (χ1n) is 12.2. The highest BCUT2D eigenvalue weighted by molar-refractivity contribution is 6.07. The summed E-state index contributed by atoms with van der Waals surface area (Å²) in [6.07, 6.45) is 6.80. The minimum absolute atomic E-state index is 0.0512. The Balaban J connectivity index is 1.50. The average molecular weight is 450 g/mol. The van der Waals surface area contributed by atoms with Gasteiger partial charge < -0.3 is 20.3 Å². The molecule has 176 valence electrons. The van der Waals surface area contributed by atoms with Crippen molar-refractivity contribution in [2.45, 2.75) is 64.5 Å². The van der Waals surface area contributed by atoms with Gasteiger partial charge in [0.1, 0.15) is 17.8 Å². The summed E-state index contributed by atoms with van der Waals surface area (Å²) in [5.41, 5.74) is 4.46. The summed E-state index contributed by atoms with van der Waals surface area (Å²) in [7, 11) is 0. The molecule has 3 aliphatic heterocycles. The number of nitrogens with zero attached hydrogens (tertiary/aromatic N) is 3. The summed E-state index contributed by atoms with van der Waals surface area (Å²) in [4.78, 5) is 24.2. The van der Waals surface area contributed by atoms with Crippen molar-refractivity contribution in [3.05, 3.63) is 41.1 Å². The molecule has 1 unspecified atom stereocenters. The summed E-state index contributed by atoms with van der Waals surface area (Å²) >= 11 is 0. The smallest absolute Gasteiger partial charge is 0.407 e. The Labute approximate surface area is 196 Å². The second kappa shape index (κ2) is 8.28. The van der Waals surface area contributed by atoms with E-state index in [1.165, 1.54) is 16.8 Å². The molecular weight excluding hydrogens is 414 g/mol. The lowest BCUT2D eigenvalue weighted by Gasteiger charge is -2.37. The highest BCUT2D eigenvalue weighted by Crippen LogP contribution is 2.50. The number of amides is 1. The molecule has 1 aromatic carbocycles. The summed E-state index contributed by atoms with van der Waals surface area (Å²) in [6.45, 7) is 11.3. The number of fused-ring (bicyclic) bond motifs is 3. The van der Waals surface area contributed by atoms with E-state index >= 15 is 0 Å². The number of piperidine rings is 1. The molecule has 7 nitrogen and oxygen atoms in total. The van der Waals surface area contributed by atoms with Gasteiger partial charge in [-0.3, -0.25) is 0 Å². The summed E-state index contributed by atoms with van der Waals surface area (Å²) in [5.74, 6) is 1.87. The first-order chi connectivity index (χ1) is 15.8. The molecule has 1 aliphatic carbocycles. The molecule has 0 radical (unpaired) electrons. The normalized spacial score (nSPS) is 25.4. The first-order valence-corrected chi connectivity index (χ1v) is 12.2. The lowest BCUT2D eigenvalue weighted by molar-refractivity contribution is 0.0523. The molecule has 7 heteroatoms. The SMILES string of the molecule is C[C@@H]1CC=C2N=CN=C(N3CC4(CCNCC4)c4c(CNC(=O)OC(C)(C)C)cccc43)C21. The van der Waals surface area contributed by atoms with E-state index in [4.69, 9.17) is 9.73 Å². The molecule has 1 amide bonds. The van der Waals surface area contributed by atoms with Crippen molar-refractivity contribution in [1.82, 2.24) is 10.6 Å². The van der Waals surface area contributed by atoms with Crippen LogP contribution >= 0.6 is 0 Å². The van der Waals surface area contributed by atoms with Gasteiger partial charge in [0.25, 0.3) is 0 Å². The van der Waals surface area contributed by atoms with E-state index in [0.717, 1.165) is 50.4 Å². The van der Waals surface area contributed by atoms with Crippen LogP contribution < -0.4 is 15.5 Å². The number of nitrogens with one attached hydrogen (secondary N) is 2. The zero-order valence-corrected chi connectivity index (χ0v) is 20.1. The highest BCUT2D eigenvalue weighted by atomic mass is 16.6. The molecule has 3 heterocycles. The Morgan fingerprint density at radius 3 is 2.85 bits per heavy atom. The molecule has 2 atom stereocenters. The van der Waals surface area contributed by atoms with E-state index in [9.17, 15) is 4.79 Å². The Bertz CT molecular complexity index is 1030. The number of amidine groups is 1. The van der Waals surface area contributed by atoms with Gasteiger partial charge in [0.15, 0.2) is 0 Å². The maximum atomic E-state index is 12.4. The molecule has 4 aliphatic rings. The average Bonchev–Trinajstić information content (AvgIpc) is 3.31. The largest absolute Gasteiger partial charge is 0.444 e. The van der Waals surface area contributed by atoms with Gasteiger partial charge in [0.05, 0.1) is 5.92 Å². The third-order valence-electron chi connectivity index (χ3n) is 7.33. The standard InChI is InChI=1S/C26H35N5O2/c1-17-8-9-19-21(17)23(30-16-29-19)31-15-26(10-12-27-13-11-26)22-18(6-5-7-20(22)31)14-28-24(32)33-25(2,3)4/h5-7,9,16-17,21,27H,8,10-15H2,1-4H3,(H,28,32)/t17-,21?/m1/s1. The maximum absolute atomic E-state index is 12.4. The van der Waals surface area contributed by atoms with Crippen molar-refractivity contribution in [1.29, 1.82) is 0 Å². The first kappa shape index (κ1) is 22.1. The van der Waals surface area contributed by atoms with Crippen molar-refractivity contribution in [2.24, 2.45) is 21.8 Å². The predicted molar refractivity (Wildman–Crippen MR) is 132 cm³/mol. The third kappa shape index (κ3) is 4.07. The van der Waals surface area contributed by atoms with Crippen molar-refractivity contribution in [3.8, 4) is 0 Å². The van der Waals surface area contributed by atoms with Crippen LogP contribution in [0.5, 0.6) is 0 Å². The second-order valence-electron chi connectivity index (χ2n) is 10.8. The van der Waals surface area contributed by atoms with E-state index in [2.05, 4.69) is 51.7 Å². The van der Waals surface area contributed by atoms with Crippen LogP contribution in [0, 0.1) is 11.8 Å². The fourth-order valence-corrected chi connectivity index (χ4v) is 5.89. The Morgan fingerprint density at radius 2 is 2.09 bits per heavy atom. The fraction of sp³-hybridized carbons (Fsp3) is 0.577. The number of benzene rings is 1. The van der Waals surface area contributed by atoms with Crippen molar-refractivity contribution in [3.63, 3.8) is 0 Å². The van der Waals surface area contributed by atoms with Gasteiger partial charge in [-0.15, -0.1) is 0 Å². The van der Waals surface area contributed by atoms with Crippen LogP contribution in [0.25, 0.3) is 0 Å². The topological polar surface area (TPSA) is 78.3 Å². The summed E-state index contributed by atoms with van der Waals surface area (Å²) in [5, 5.41) is 6.52. The van der Waals surface area contributed by atoms with Crippen LogP contribution in [0.4, 0.5) is 10.5 Å². The van der Waals surface area contributed by atoms with E-state index in [0.29, 0.717) is 12.5 Å². The molecule has 1 spiro atoms. The lowest BCUT2D eigenvalue weighted by Crippen LogP contribution is -2.46. The van der Waals surface area contributed by atoms with Gasteiger partial charge in [0, 0.05) is 29.9 Å². The van der Waals surface area contributed by atoms with Crippen LogP contribution in [-0.2, 0) is 16.7 Å². The van der Waals surface area contributed by atoms with Gasteiger partial charge in [-0.2, -0.15) is 0 Å². The van der Waals surface area contributed by atoms with Gasteiger partial charge in [-0.25, -0.2) is 14.8 Å². The number of rotatable bonds is 2. The maximum Gasteiger partial charge on any atom is 0.407 e. The van der Waals surface area contributed by atoms with Crippen molar-refractivity contribution in [2.75, 3.05) is 24.5 Å². The zero-order chi connectivity index (χ0) is 23.2. The van der Waals surface area contributed by atoms with E-state index < -0.39 is 5.60 Å². The number of ether oxygens (including phenoxy) is 1. The number of hydrogen-bond donors (Lipinski definition) is 2. The van der Waals surface area contributed by atoms with Crippen molar-refractivity contribution < 1.29 is 9.53 Å². The number of allylic oxidation sites excluding steroid dienone is 1. The summed E-state index contributed by atoms with van der Waals surface area (Å²) in [6, 6.07) is 6.47. The molecule has 33 heavy (non-hydrogen) atoms. The van der Waals surface area contributed by atoms with Gasteiger partial charge in [-0.1, -0.05) is 25.1 Å². The number of aliphatic imine (C=N–C) groups is 2. The summed E-state index contributed by atoms with van der Waals surface area (Å²) < 4.78 is 5.48. The van der Waals surface area contributed by atoms with Gasteiger partial charge in [0.2, 0.25) is 0 Å². The minimum Gasteiger partial charge on any atom is -0.444 e. The highest BCUT2D eigenvalue weighted by Gasteiger charge is 2.48. The van der Waals surface area contributed by atoms with Crippen LogP contribution in [0.3, 0.4) is 0 Å². The van der Waals surface area contributed by atoms with Crippen LogP contribution in [-0.4, -0.2) is 43.5 Å². The Morgan fingerprint density at radius 1 is 1.30 bits per heavy atom. The molecule has 0 bridgehead atoms. The number of carbonyl (C=O) groups excluding carboxylic acids is 1. The molecule has 2 N–H and O–H groups in total. The van der Waals surface area contributed by atoms with Crippen LogP contribution in [0.15, 0.2) is 40.0 Å². The number of alkyl carbamates (subject to hydrolysis) is 1. The fourth-order valence-electron chi connectivity index (χ4n) is 5.89. The second-order valence-corrected chi connectivity index (χ2v) is 10.8. The molecular formula is C26H35N5O2. The van der Waals surface area contributed by atoms with Gasteiger partial charge in [-0.05, 0) is 76.2 Å². The van der Waals surface area contributed by atoms with E-state index in [1.54, 1.807) is 6.34 Å². The molecule has 0 aromatic heterocycles. The lowest BCUT2D eigenvalue weighted by atomic mass is 9.73. The van der Waals surface area contributed by atoms with Crippen molar-refractivity contribution >= 4 is 24.0 Å². The van der Waals surface area contributed by atoms with E-state index in [1.807, 2.05) is 20.8 Å². The Hall–Kier alpha value is -2.67. The van der Waals surface area contributed by atoms with E-state index in [-0.39, 0.29) is 17.4 Å². The number of hydrogen-bond acceptors (Lipinski definition) is 6. The third-order valence-corrected chi connectivity index (χ3v) is 7.33. The monoisotopic (exact) mass is 449 g/mol. The number of carbonyl (C=O) groups is 1. The zero-order valence-electron chi connectivity index (χ0n) is 20.1. The van der Waals surface area contributed by atoms with Crippen LogP contribution in [0.1, 0.15) is 58.1 Å². The minimum atomic E-state index is -0.514. The quantitative estimate of drug-likeness (QED) is 0.712. The van der Waals surface area contributed by atoms with Gasteiger partial charge >= 0.3 is 6.09 Å². The molecule has 1 fully saturated rings. The molecule has 1 aromatic rings. The number of anilines is 1.